The zero-order valence-electron chi connectivity index (χ0n) is 11.9. The first kappa shape index (κ1) is 14.7. The Balaban J connectivity index is 3.00. The highest BCUT2D eigenvalue weighted by atomic mass is 15.3. The van der Waals surface area contributed by atoms with Crippen LogP contribution in [0.25, 0.3) is 0 Å². The quantitative estimate of drug-likeness (QED) is 0.574. The molecule has 5 nitrogen and oxygen atoms in total. The first-order valence-corrected chi connectivity index (χ1v) is 6.70. The van der Waals surface area contributed by atoms with E-state index in [1.54, 1.807) is 0 Å². The Morgan fingerprint density at radius 2 is 2.06 bits per heavy atom. The van der Waals surface area contributed by atoms with Gasteiger partial charge in [-0.2, -0.15) is 0 Å². The number of hydrogen-bond acceptors (Lipinski definition) is 5. The average Bonchev–Trinajstić information content (AvgIpc) is 2.35. The highest BCUT2D eigenvalue weighted by molar-refractivity contribution is 5.48. The highest BCUT2D eigenvalue weighted by Crippen LogP contribution is 2.17. The van der Waals surface area contributed by atoms with Gasteiger partial charge in [0, 0.05) is 25.6 Å². The number of nitrogen functional groups attached to an aromatic ring is 1. The van der Waals surface area contributed by atoms with Gasteiger partial charge in [0.15, 0.2) is 0 Å². The zero-order valence-corrected chi connectivity index (χ0v) is 11.9. The Morgan fingerprint density at radius 3 is 2.56 bits per heavy atom. The van der Waals surface area contributed by atoms with E-state index in [1.165, 1.54) is 0 Å². The fourth-order valence-corrected chi connectivity index (χ4v) is 1.88. The molecule has 5 heteroatoms. The number of nitrogens with one attached hydrogen (secondary N) is 1. The van der Waals surface area contributed by atoms with Crippen LogP contribution in [0.5, 0.6) is 0 Å². The fourth-order valence-electron chi connectivity index (χ4n) is 1.88. The van der Waals surface area contributed by atoms with Crippen LogP contribution in [0.15, 0.2) is 6.07 Å². The number of hydrogen-bond donors (Lipinski definition) is 2. The molecule has 1 rings (SSSR count). The van der Waals surface area contributed by atoms with Crippen molar-refractivity contribution in [3.05, 3.63) is 11.9 Å². The fraction of sp³-hybridized carbons (Fsp3) is 0.692. The molecule has 1 aromatic heterocycles. The molecule has 0 aromatic carbocycles. The third kappa shape index (κ3) is 4.14. The van der Waals surface area contributed by atoms with Gasteiger partial charge in [-0.1, -0.05) is 20.8 Å². The van der Waals surface area contributed by atoms with Gasteiger partial charge in [-0.05, 0) is 19.3 Å². The van der Waals surface area contributed by atoms with Crippen LogP contribution >= 0.6 is 0 Å². The average molecular weight is 251 g/mol. The Kier molecular flexibility index (Phi) is 5.85. The van der Waals surface area contributed by atoms with Gasteiger partial charge in [-0.25, -0.2) is 15.8 Å². The Morgan fingerprint density at radius 1 is 1.33 bits per heavy atom. The molecule has 0 spiro atoms. The largest absolute Gasteiger partial charge is 0.356 e. The summed E-state index contributed by atoms with van der Waals surface area (Å²) in [5.41, 5.74) is 2.62. The van der Waals surface area contributed by atoms with Crippen molar-refractivity contribution in [2.45, 2.75) is 40.5 Å². The van der Waals surface area contributed by atoms with Crippen LogP contribution in [-0.4, -0.2) is 23.1 Å². The summed E-state index contributed by atoms with van der Waals surface area (Å²) in [6.45, 7) is 10.6. The standard InChI is InChI=1S/C13H25N5/c1-5-7-11-15-12(17-14)8-13(16-11)18(6-2)9-10(3)4/h8,10H,5-7,9,14H2,1-4H3,(H,15,16,17). The van der Waals surface area contributed by atoms with Gasteiger partial charge in [-0.15, -0.1) is 0 Å². The van der Waals surface area contributed by atoms with Crippen molar-refractivity contribution in [3.8, 4) is 0 Å². The number of rotatable bonds is 7. The zero-order chi connectivity index (χ0) is 13.5. The minimum Gasteiger partial charge on any atom is -0.356 e. The van der Waals surface area contributed by atoms with Crippen LogP contribution in [0.3, 0.4) is 0 Å². The summed E-state index contributed by atoms with van der Waals surface area (Å²) < 4.78 is 0. The van der Waals surface area contributed by atoms with E-state index < -0.39 is 0 Å². The third-order valence-electron chi connectivity index (χ3n) is 2.67. The predicted molar refractivity (Wildman–Crippen MR) is 76.6 cm³/mol. The van der Waals surface area contributed by atoms with Gasteiger partial charge >= 0.3 is 0 Å². The van der Waals surface area contributed by atoms with Crippen LogP contribution in [0.2, 0.25) is 0 Å². The molecule has 0 radical (unpaired) electrons. The molecule has 0 aliphatic carbocycles. The number of nitrogens with two attached hydrogens (primary N) is 1. The molecule has 3 N–H and O–H groups in total. The smallest absolute Gasteiger partial charge is 0.145 e. The molecular weight excluding hydrogens is 226 g/mol. The number of aryl methyl sites for hydroxylation is 1. The van der Waals surface area contributed by atoms with E-state index >= 15 is 0 Å². The van der Waals surface area contributed by atoms with Crippen LogP contribution < -0.4 is 16.2 Å². The molecule has 0 saturated heterocycles. The van der Waals surface area contributed by atoms with Crippen molar-refractivity contribution in [3.63, 3.8) is 0 Å². The van der Waals surface area contributed by atoms with Gasteiger partial charge in [0.25, 0.3) is 0 Å². The number of hydrazine groups is 1. The third-order valence-corrected chi connectivity index (χ3v) is 2.67. The molecule has 0 aliphatic heterocycles. The van der Waals surface area contributed by atoms with Crippen molar-refractivity contribution in [1.29, 1.82) is 0 Å². The summed E-state index contributed by atoms with van der Waals surface area (Å²) >= 11 is 0. The van der Waals surface area contributed by atoms with Crippen LogP contribution in [-0.2, 0) is 6.42 Å². The molecule has 0 bridgehead atoms. The van der Waals surface area contributed by atoms with E-state index in [4.69, 9.17) is 5.84 Å². The van der Waals surface area contributed by atoms with Crippen molar-refractivity contribution in [2.75, 3.05) is 23.4 Å². The van der Waals surface area contributed by atoms with Gasteiger partial charge in [0.2, 0.25) is 0 Å². The lowest BCUT2D eigenvalue weighted by molar-refractivity contribution is 0.612. The Hall–Kier alpha value is -1.36. The number of anilines is 2. The minimum atomic E-state index is 0.601. The maximum atomic E-state index is 5.47. The molecule has 102 valence electrons. The molecule has 18 heavy (non-hydrogen) atoms. The second-order valence-corrected chi connectivity index (χ2v) is 4.85. The first-order chi connectivity index (χ1) is 8.60. The molecule has 0 amide bonds. The normalized spacial score (nSPS) is 10.8. The molecular formula is C13H25N5. The topological polar surface area (TPSA) is 67.1 Å². The van der Waals surface area contributed by atoms with Gasteiger partial charge in [0.1, 0.15) is 17.5 Å². The first-order valence-electron chi connectivity index (χ1n) is 6.70. The monoisotopic (exact) mass is 251 g/mol. The summed E-state index contributed by atoms with van der Waals surface area (Å²) in [7, 11) is 0. The van der Waals surface area contributed by atoms with Crippen LogP contribution in [0.1, 0.15) is 39.9 Å². The summed E-state index contributed by atoms with van der Waals surface area (Å²) in [6.07, 6.45) is 1.91. The maximum absolute atomic E-state index is 5.47. The Bertz CT molecular complexity index is 364. The summed E-state index contributed by atoms with van der Waals surface area (Å²) in [4.78, 5) is 11.2. The lowest BCUT2D eigenvalue weighted by Gasteiger charge is -2.24. The lowest BCUT2D eigenvalue weighted by Crippen LogP contribution is -2.28. The molecule has 0 atom stereocenters. The molecule has 0 unspecified atom stereocenters. The summed E-state index contributed by atoms with van der Waals surface area (Å²) in [5.74, 6) is 8.56. The van der Waals surface area contributed by atoms with E-state index in [1.807, 2.05) is 6.07 Å². The van der Waals surface area contributed by atoms with Gasteiger partial charge in [0.05, 0.1) is 0 Å². The lowest BCUT2D eigenvalue weighted by atomic mass is 10.2. The SMILES string of the molecule is CCCc1nc(NN)cc(N(CC)CC(C)C)n1. The summed E-state index contributed by atoms with van der Waals surface area (Å²) in [5, 5.41) is 0. The second kappa shape index (κ2) is 7.16. The Labute approximate surface area is 110 Å². The molecule has 0 saturated carbocycles. The number of nitrogens with zero attached hydrogens (tertiary/aromatic N) is 3. The summed E-state index contributed by atoms with van der Waals surface area (Å²) in [6, 6.07) is 1.91. The van der Waals surface area contributed by atoms with E-state index in [-0.39, 0.29) is 0 Å². The molecule has 1 heterocycles. The van der Waals surface area contributed by atoms with Crippen molar-refractivity contribution in [2.24, 2.45) is 11.8 Å². The van der Waals surface area contributed by atoms with E-state index in [0.29, 0.717) is 11.7 Å². The van der Waals surface area contributed by atoms with Gasteiger partial charge < -0.3 is 10.3 Å². The van der Waals surface area contributed by atoms with E-state index in [2.05, 4.69) is 48.0 Å². The van der Waals surface area contributed by atoms with Crippen LogP contribution in [0, 0.1) is 5.92 Å². The van der Waals surface area contributed by atoms with E-state index in [0.717, 1.165) is 37.6 Å². The molecule has 1 aromatic rings. The second-order valence-electron chi connectivity index (χ2n) is 4.85. The predicted octanol–water partition coefficient (Wildman–Crippen LogP) is 2.20. The molecule has 0 fully saturated rings. The number of aromatic nitrogens is 2. The maximum Gasteiger partial charge on any atom is 0.145 e. The minimum absolute atomic E-state index is 0.601. The van der Waals surface area contributed by atoms with Crippen molar-refractivity contribution >= 4 is 11.6 Å². The molecule has 0 aliphatic rings. The van der Waals surface area contributed by atoms with Gasteiger partial charge in [-0.3, -0.25) is 0 Å². The van der Waals surface area contributed by atoms with E-state index in [9.17, 15) is 0 Å². The van der Waals surface area contributed by atoms with Crippen molar-refractivity contribution in [1.82, 2.24) is 9.97 Å². The van der Waals surface area contributed by atoms with Crippen molar-refractivity contribution < 1.29 is 0 Å². The highest BCUT2D eigenvalue weighted by Gasteiger charge is 2.11. The van der Waals surface area contributed by atoms with Crippen LogP contribution in [0.4, 0.5) is 11.6 Å².